The number of nitro benzene ring substituents is 1. The number of non-ortho nitro benzene ring substituents is 1. The zero-order chi connectivity index (χ0) is 19.5. The predicted octanol–water partition coefficient (Wildman–Crippen LogP) is 3.22. The molecule has 0 spiro atoms. The standard InChI is InChI=1S/C18H22N2O5S/c1-13-9-14(2)11-17(10-13)25-8-7-19(4)26(23,24)18-12-16(20(21)22)6-5-15(18)3/h5-6,9-12H,7-8H2,1-4H3. The Morgan fingerprint density at radius 3 is 2.27 bits per heavy atom. The first-order valence-corrected chi connectivity index (χ1v) is 9.48. The van der Waals surface area contributed by atoms with E-state index >= 15 is 0 Å². The lowest BCUT2D eigenvalue weighted by Crippen LogP contribution is -2.31. The SMILES string of the molecule is Cc1cc(C)cc(OCCN(C)S(=O)(=O)c2cc([N+](=O)[O-])ccc2C)c1. The normalized spacial score (nSPS) is 11.6. The van der Waals surface area contributed by atoms with Crippen molar-refractivity contribution in [1.82, 2.24) is 4.31 Å². The Morgan fingerprint density at radius 1 is 1.08 bits per heavy atom. The lowest BCUT2D eigenvalue weighted by Gasteiger charge is -2.19. The van der Waals surface area contributed by atoms with Crippen molar-refractivity contribution in [2.45, 2.75) is 25.7 Å². The summed E-state index contributed by atoms with van der Waals surface area (Å²) in [5.41, 5.74) is 2.33. The highest BCUT2D eigenvalue weighted by molar-refractivity contribution is 7.89. The van der Waals surface area contributed by atoms with E-state index in [0.29, 0.717) is 11.3 Å². The largest absolute Gasteiger partial charge is 0.492 e. The summed E-state index contributed by atoms with van der Waals surface area (Å²) in [7, 11) is -2.42. The molecule has 0 bridgehead atoms. The Bertz CT molecular complexity index is 905. The summed E-state index contributed by atoms with van der Waals surface area (Å²) >= 11 is 0. The van der Waals surface area contributed by atoms with Gasteiger partial charge in [-0.25, -0.2) is 8.42 Å². The molecule has 0 heterocycles. The van der Waals surface area contributed by atoms with Crippen molar-refractivity contribution in [2.24, 2.45) is 0 Å². The highest BCUT2D eigenvalue weighted by Crippen LogP contribution is 2.24. The number of benzene rings is 2. The summed E-state index contributed by atoms with van der Waals surface area (Å²) in [4.78, 5) is 10.2. The van der Waals surface area contributed by atoms with E-state index in [4.69, 9.17) is 4.74 Å². The van der Waals surface area contributed by atoms with Gasteiger partial charge in [0.25, 0.3) is 5.69 Å². The van der Waals surface area contributed by atoms with E-state index in [1.165, 1.54) is 19.2 Å². The van der Waals surface area contributed by atoms with Crippen LogP contribution in [0.3, 0.4) is 0 Å². The van der Waals surface area contributed by atoms with Crippen LogP contribution in [0.2, 0.25) is 0 Å². The molecule has 140 valence electrons. The second kappa shape index (κ2) is 7.84. The quantitative estimate of drug-likeness (QED) is 0.545. The van der Waals surface area contributed by atoms with E-state index in [9.17, 15) is 18.5 Å². The van der Waals surface area contributed by atoms with Crippen LogP contribution in [-0.4, -0.2) is 37.8 Å². The number of likely N-dealkylation sites (N-methyl/N-ethyl adjacent to an activating group) is 1. The molecule has 8 heteroatoms. The average molecular weight is 378 g/mol. The molecule has 0 aliphatic carbocycles. The van der Waals surface area contributed by atoms with E-state index in [2.05, 4.69) is 0 Å². The second-order valence-electron chi connectivity index (χ2n) is 6.21. The van der Waals surface area contributed by atoms with Crippen molar-refractivity contribution < 1.29 is 18.1 Å². The molecule has 26 heavy (non-hydrogen) atoms. The van der Waals surface area contributed by atoms with Gasteiger partial charge < -0.3 is 4.74 Å². The summed E-state index contributed by atoms with van der Waals surface area (Å²) in [6, 6.07) is 9.60. The molecule has 0 saturated heterocycles. The van der Waals surface area contributed by atoms with E-state index in [1.807, 2.05) is 32.0 Å². The number of aryl methyl sites for hydroxylation is 3. The molecule has 0 amide bonds. The van der Waals surface area contributed by atoms with Gasteiger partial charge in [-0.1, -0.05) is 12.1 Å². The molecule has 0 radical (unpaired) electrons. The molecule has 0 fully saturated rings. The van der Waals surface area contributed by atoms with Gasteiger partial charge in [-0.05, 0) is 49.6 Å². The summed E-state index contributed by atoms with van der Waals surface area (Å²) in [5.74, 6) is 0.680. The van der Waals surface area contributed by atoms with E-state index in [1.54, 1.807) is 6.92 Å². The van der Waals surface area contributed by atoms with Gasteiger partial charge in [0, 0.05) is 25.7 Å². The van der Waals surface area contributed by atoms with Gasteiger partial charge >= 0.3 is 0 Å². The maximum Gasteiger partial charge on any atom is 0.270 e. The Kier molecular flexibility index (Phi) is 5.99. The first kappa shape index (κ1) is 19.9. The number of rotatable bonds is 7. The summed E-state index contributed by atoms with van der Waals surface area (Å²) in [6.07, 6.45) is 0. The fourth-order valence-electron chi connectivity index (χ4n) is 2.58. The van der Waals surface area contributed by atoms with E-state index < -0.39 is 14.9 Å². The third-order valence-electron chi connectivity index (χ3n) is 3.94. The summed E-state index contributed by atoms with van der Waals surface area (Å²) < 4.78 is 32.2. The minimum absolute atomic E-state index is 0.0689. The maximum atomic E-state index is 12.7. The fourth-order valence-corrected chi connectivity index (χ4v) is 3.97. The molecular weight excluding hydrogens is 356 g/mol. The smallest absolute Gasteiger partial charge is 0.270 e. The number of ether oxygens (including phenoxy) is 1. The molecule has 0 saturated carbocycles. The number of hydrogen-bond donors (Lipinski definition) is 0. The monoisotopic (exact) mass is 378 g/mol. The van der Waals surface area contributed by atoms with Gasteiger partial charge in [0.2, 0.25) is 10.0 Å². The number of nitrogens with zero attached hydrogens (tertiary/aromatic N) is 2. The van der Waals surface area contributed by atoms with Crippen molar-refractivity contribution in [1.29, 1.82) is 0 Å². The predicted molar refractivity (Wildman–Crippen MR) is 99.1 cm³/mol. The van der Waals surface area contributed by atoms with Crippen LogP contribution in [0.25, 0.3) is 0 Å². The summed E-state index contributed by atoms with van der Waals surface area (Å²) in [6.45, 7) is 5.82. The zero-order valence-corrected chi connectivity index (χ0v) is 16.0. The first-order chi connectivity index (χ1) is 12.1. The number of nitro groups is 1. The van der Waals surface area contributed by atoms with Crippen molar-refractivity contribution >= 4 is 15.7 Å². The van der Waals surface area contributed by atoms with Gasteiger partial charge in [-0.3, -0.25) is 10.1 Å². The zero-order valence-electron chi connectivity index (χ0n) is 15.2. The topological polar surface area (TPSA) is 89.8 Å². The van der Waals surface area contributed by atoms with E-state index in [0.717, 1.165) is 21.5 Å². The van der Waals surface area contributed by atoms with E-state index in [-0.39, 0.29) is 23.7 Å². The summed E-state index contributed by atoms with van der Waals surface area (Å²) in [5, 5.41) is 10.9. The molecule has 2 aromatic rings. The van der Waals surface area contributed by atoms with Crippen LogP contribution in [0.1, 0.15) is 16.7 Å². The number of hydrogen-bond acceptors (Lipinski definition) is 5. The molecule has 0 atom stereocenters. The van der Waals surface area contributed by atoms with Crippen molar-refractivity contribution in [2.75, 3.05) is 20.2 Å². The van der Waals surface area contributed by atoms with Crippen LogP contribution < -0.4 is 4.74 Å². The van der Waals surface area contributed by atoms with Crippen molar-refractivity contribution in [3.8, 4) is 5.75 Å². The molecule has 0 aliphatic heterocycles. The molecule has 2 aromatic carbocycles. The molecule has 0 unspecified atom stereocenters. The van der Waals surface area contributed by atoms with Gasteiger partial charge in [-0.15, -0.1) is 0 Å². The minimum Gasteiger partial charge on any atom is -0.492 e. The van der Waals surface area contributed by atoms with Crippen LogP contribution in [0.15, 0.2) is 41.3 Å². The molecule has 0 aromatic heterocycles. The lowest BCUT2D eigenvalue weighted by molar-refractivity contribution is -0.385. The molecule has 2 rings (SSSR count). The Balaban J connectivity index is 2.11. The Hall–Kier alpha value is -2.45. The third kappa shape index (κ3) is 4.59. The fraction of sp³-hybridized carbons (Fsp3) is 0.333. The average Bonchev–Trinajstić information content (AvgIpc) is 2.53. The first-order valence-electron chi connectivity index (χ1n) is 8.04. The maximum absolute atomic E-state index is 12.7. The highest BCUT2D eigenvalue weighted by Gasteiger charge is 2.25. The second-order valence-corrected chi connectivity index (χ2v) is 8.22. The van der Waals surface area contributed by atoms with Gasteiger partial charge in [0.05, 0.1) is 9.82 Å². The van der Waals surface area contributed by atoms with Crippen LogP contribution in [0.4, 0.5) is 5.69 Å². The Labute approximate surface area is 153 Å². The Morgan fingerprint density at radius 2 is 1.69 bits per heavy atom. The van der Waals surface area contributed by atoms with Crippen molar-refractivity contribution in [3.05, 3.63) is 63.2 Å². The van der Waals surface area contributed by atoms with Gasteiger partial charge in [-0.2, -0.15) is 4.31 Å². The van der Waals surface area contributed by atoms with Crippen LogP contribution in [-0.2, 0) is 10.0 Å². The van der Waals surface area contributed by atoms with Crippen LogP contribution >= 0.6 is 0 Å². The van der Waals surface area contributed by atoms with Crippen LogP contribution in [0, 0.1) is 30.9 Å². The number of sulfonamides is 1. The van der Waals surface area contributed by atoms with Crippen LogP contribution in [0.5, 0.6) is 5.75 Å². The van der Waals surface area contributed by atoms with Crippen molar-refractivity contribution in [3.63, 3.8) is 0 Å². The molecule has 0 aliphatic rings. The molecule has 7 nitrogen and oxygen atoms in total. The lowest BCUT2D eigenvalue weighted by atomic mass is 10.1. The highest BCUT2D eigenvalue weighted by atomic mass is 32.2. The molecule has 0 N–H and O–H groups in total. The minimum atomic E-state index is -3.85. The van der Waals surface area contributed by atoms with Gasteiger partial charge in [0.1, 0.15) is 12.4 Å². The molecular formula is C18H22N2O5S. The third-order valence-corrected chi connectivity index (χ3v) is 5.94. The van der Waals surface area contributed by atoms with Gasteiger partial charge in [0.15, 0.2) is 0 Å².